The molecule has 1 atom stereocenters. The van der Waals surface area contributed by atoms with E-state index in [1.807, 2.05) is 24.3 Å². The number of benzene rings is 2. The van der Waals surface area contributed by atoms with Gasteiger partial charge in [0.15, 0.2) is 0 Å². The molecule has 0 spiro atoms. The van der Waals surface area contributed by atoms with Gasteiger partial charge in [-0.2, -0.15) is 0 Å². The number of ether oxygens (including phenoxy) is 1. The molecule has 1 N–H and O–H groups in total. The monoisotopic (exact) mass is 372 g/mol. The summed E-state index contributed by atoms with van der Waals surface area (Å²) < 4.78 is 18.8. The summed E-state index contributed by atoms with van der Waals surface area (Å²) in [5.74, 6) is 0.593. The van der Waals surface area contributed by atoms with E-state index >= 15 is 0 Å². The van der Waals surface area contributed by atoms with Crippen molar-refractivity contribution in [1.29, 1.82) is 0 Å². The lowest BCUT2D eigenvalue weighted by molar-refractivity contribution is 0.0663. The van der Waals surface area contributed by atoms with Gasteiger partial charge in [0.05, 0.1) is 0 Å². The molecule has 1 heterocycles. The average Bonchev–Trinajstić information content (AvgIpc) is 2.69. The average molecular weight is 372 g/mol. The highest BCUT2D eigenvalue weighted by Crippen LogP contribution is 2.17. The van der Waals surface area contributed by atoms with Crippen molar-refractivity contribution >= 4 is 5.69 Å². The molecule has 2 aromatic carbocycles. The van der Waals surface area contributed by atoms with Crippen molar-refractivity contribution in [3.05, 3.63) is 59.9 Å². The molecule has 2 aromatic rings. The second-order valence-corrected chi connectivity index (χ2v) is 7.12. The number of β-amino-alcohol motifs (C(OH)–C–C–N with tert-alkyl or cyclic N) is 1. The summed E-state index contributed by atoms with van der Waals surface area (Å²) in [7, 11) is 0. The molecule has 27 heavy (non-hydrogen) atoms. The van der Waals surface area contributed by atoms with Crippen molar-refractivity contribution in [3.63, 3.8) is 0 Å². The predicted molar refractivity (Wildman–Crippen MR) is 107 cm³/mol. The van der Waals surface area contributed by atoms with Gasteiger partial charge >= 0.3 is 0 Å². The number of aryl methyl sites for hydroxylation is 1. The van der Waals surface area contributed by atoms with Gasteiger partial charge in [-0.05, 0) is 48.4 Å². The van der Waals surface area contributed by atoms with Crippen LogP contribution >= 0.6 is 0 Å². The fourth-order valence-corrected chi connectivity index (χ4v) is 3.42. The van der Waals surface area contributed by atoms with Crippen molar-refractivity contribution in [3.8, 4) is 5.75 Å². The van der Waals surface area contributed by atoms with Gasteiger partial charge in [-0.15, -0.1) is 0 Å². The Hall–Kier alpha value is -2.11. The van der Waals surface area contributed by atoms with Crippen LogP contribution in [0.4, 0.5) is 10.1 Å². The summed E-state index contributed by atoms with van der Waals surface area (Å²) in [6.45, 7) is 6.56. The molecule has 0 aromatic heterocycles. The van der Waals surface area contributed by atoms with E-state index in [0.717, 1.165) is 50.5 Å². The van der Waals surface area contributed by atoms with Crippen molar-refractivity contribution in [2.45, 2.75) is 25.9 Å². The van der Waals surface area contributed by atoms with Crippen molar-refractivity contribution in [1.82, 2.24) is 4.90 Å². The van der Waals surface area contributed by atoms with Crippen molar-refractivity contribution in [2.24, 2.45) is 0 Å². The Kier molecular flexibility index (Phi) is 7.07. The largest absolute Gasteiger partial charge is 0.491 e. The van der Waals surface area contributed by atoms with Gasteiger partial charge in [-0.3, -0.25) is 4.90 Å². The molecule has 0 aliphatic carbocycles. The first-order valence-corrected chi connectivity index (χ1v) is 9.76. The van der Waals surface area contributed by atoms with Crippen LogP contribution < -0.4 is 9.64 Å². The third-order valence-electron chi connectivity index (χ3n) is 4.94. The standard InChI is InChI=1S/C22H29FN2O2/c1-2-3-18-4-10-22(11-5-18)27-17-21(26)16-24-12-14-25(15-13-24)20-8-6-19(23)7-9-20/h4-11,21,26H,2-3,12-17H2,1H3/t21-/m1/s1. The maximum atomic E-state index is 13.0. The van der Waals surface area contributed by atoms with Crippen LogP contribution in [0.25, 0.3) is 0 Å². The SMILES string of the molecule is CCCc1ccc(OC[C@H](O)CN2CCN(c3ccc(F)cc3)CC2)cc1. The van der Waals surface area contributed by atoms with Gasteiger partial charge < -0.3 is 14.7 Å². The van der Waals surface area contributed by atoms with E-state index in [1.165, 1.54) is 17.7 Å². The maximum absolute atomic E-state index is 13.0. The molecule has 0 amide bonds. The Morgan fingerprint density at radius 1 is 1.00 bits per heavy atom. The third-order valence-corrected chi connectivity index (χ3v) is 4.94. The quantitative estimate of drug-likeness (QED) is 0.771. The minimum atomic E-state index is -0.516. The van der Waals surface area contributed by atoms with Gasteiger partial charge in [-0.25, -0.2) is 4.39 Å². The molecule has 146 valence electrons. The molecule has 1 saturated heterocycles. The summed E-state index contributed by atoms with van der Waals surface area (Å²) in [4.78, 5) is 4.50. The molecule has 0 unspecified atom stereocenters. The highest BCUT2D eigenvalue weighted by Gasteiger charge is 2.19. The Balaban J connectivity index is 1.38. The number of halogens is 1. The minimum Gasteiger partial charge on any atom is -0.491 e. The predicted octanol–water partition coefficient (Wildman–Crippen LogP) is 3.34. The van der Waals surface area contributed by atoms with Gasteiger partial charge in [0, 0.05) is 38.4 Å². The van der Waals surface area contributed by atoms with Gasteiger partial charge in [0.2, 0.25) is 0 Å². The number of aliphatic hydroxyl groups excluding tert-OH is 1. The highest BCUT2D eigenvalue weighted by atomic mass is 19.1. The Bertz CT molecular complexity index is 682. The van der Waals surface area contributed by atoms with Crippen LogP contribution in [0.3, 0.4) is 0 Å². The third kappa shape index (κ3) is 5.94. The zero-order valence-electron chi connectivity index (χ0n) is 16.0. The molecule has 4 nitrogen and oxygen atoms in total. The second kappa shape index (κ2) is 9.72. The molecule has 0 saturated carbocycles. The van der Waals surface area contributed by atoms with E-state index < -0.39 is 6.10 Å². The molecular formula is C22H29FN2O2. The minimum absolute atomic E-state index is 0.208. The molecule has 1 fully saturated rings. The summed E-state index contributed by atoms with van der Waals surface area (Å²) in [6, 6.07) is 14.7. The summed E-state index contributed by atoms with van der Waals surface area (Å²) in [6.07, 6.45) is 1.69. The number of hydrogen-bond donors (Lipinski definition) is 1. The Morgan fingerprint density at radius 2 is 1.67 bits per heavy atom. The lowest BCUT2D eigenvalue weighted by Crippen LogP contribution is -2.49. The zero-order valence-corrected chi connectivity index (χ0v) is 16.0. The van der Waals surface area contributed by atoms with Crippen molar-refractivity contribution < 1.29 is 14.2 Å². The topological polar surface area (TPSA) is 35.9 Å². The Labute approximate surface area is 161 Å². The first kappa shape index (κ1) is 19.6. The normalized spacial score (nSPS) is 16.3. The number of piperazine rings is 1. The van der Waals surface area contributed by atoms with E-state index in [9.17, 15) is 9.50 Å². The van der Waals surface area contributed by atoms with E-state index in [0.29, 0.717) is 13.2 Å². The molecular weight excluding hydrogens is 343 g/mol. The lowest BCUT2D eigenvalue weighted by Gasteiger charge is -2.36. The zero-order chi connectivity index (χ0) is 19.1. The van der Waals surface area contributed by atoms with E-state index in [2.05, 4.69) is 28.9 Å². The number of hydrogen-bond acceptors (Lipinski definition) is 4. The second-order valence-electron chi connectivity index (χ2n) is 7.12. The summed E-state index contributed by atoms with van der Waals surface area (Å²) in [5, 5.41) is 10.3. The van der Waals surface area contributed by atoms with E-state index in [-0.39, 0.29) is 5.82 Å². The molecule has 1 aliphatic rings. The van der Waals surface area contributed by atoms with Gasteiger partial charge in [-0.1, -0.05) is 25.5 Å². The fourth-order valence-electron chi connectivity index (χ4n) is 3.42. The number of rotatable bonds is 8. The Morgan fingerprint density at radius 3 is 2.30 bits per heavy atom. The number of aliphatic hydroxyl groups is 1. The summed E-state index contributed by atoms with van der Waals surface area (Å²) >= 11 is 0. The fraction of sp³-hybridized carbons (Fsp3) is 0.455. The molecule has 0 bridgehead atoms. The van der Waals surface area contributed by atoms with Gasteiger partial charge in [0.1, 0.15) is 24.3 Å². The van der Waals surface area contributed by atoms with Crippen LogP contribution in [0, 0.1) is 5.82 Å². The number of nitrogens with zero attached hydrogens (tertiary/aromatic N) is 2. The molecule has 0 radical (unpaired) electrons. The van der Waals surface area contributed by atoms with Crippen LogP contribution in [0.1, 0.15) is 18.9 Å². The van der Waals surface area contributed by atoms with Crippen molar-refractivity contribution in [2.75, 3.05) is 44.2 Å². The first-order chi connectivity index (χ1) is 13.1. The smallest absolute Gasteiger partial charge is 0.123 e. The van der Waals surface area contributed by atoms with Crippen LogP contribution in [0.15, 0.2) is 48.5 Å². The summed E-state index contributed by atoms with van der Waals surface area (Å²) in [5.41, 5.74) is 2.36. The first-order valence-electron chi connectivity index (χ1n) is 9.76. The van der Waals surface area contributed by atoms with Crippen LogP contribution in [0.5, 0.6) is 5.75 Å². The lowest BCUT2D eigenvalue weighted by atomic mass is 10.1. The van der Waals surface area contributed by atoms with Crippen LogP contribution in [-0.4, -0.2) is 55.4 Å². The van der Waals surface area contributed by atoms with Gasteiger partial charge in [0.25, 0.3) is 0 Å². The van der Waals surface area contributed by atoms with Crippen LogP contribution in [0.2, 0.25) is 0 Å². The highest BCUT2D eigenvalue weighted by molar-refractivity contribution is 5.46. The maximum Gasteiger partial charge on any atom is 0.123 e. The van der Waals surface area contributed by atoms with E-state index in [1.54, 1.807) is 0 Å². The number of anilines is 1. The van der Waals surface area contributed by atoms with E-state index in [4.69, 9.17) is 4.74 Å². The molecule has 1 aliphatic heterocycles. The molecule has 3 rings (SSSR count). The molecule has 5 heteroatoms. The van der Waals surface area contributed by atoms with Crippen LogP contribution in [-0.2, 0) is 6.42 Å².